The van der Waals surface area contributed by atoms with E-state index in [1.54, 1.807) is 11.3 Å². The molecule has 2 rings (SSSR count). The van der Waals surface area contributed by atoms with Crippen molar-refractivity contribution >= 4 is 11.3 Å². The molecule has 0 spiro atoms. The van der Waals surface area contributed by atoms with E-state index in [-0.39, 0.29) is 0 Å². The monoisotopic (exact) mass is 276 g/mol. The summed E-state index contributed by atoms with van der Waals surface area (Å²) in [7, 11) is 0. The summed E-state index contributed by atoms with van der Waals surface area (Å²) in [5, 5.41) is 4.42. The lowest BCUT2D eigenvalue weighted by atomic mass is 10.2. The normalized spacial score (nSPS) is 12.4. The van der Waals surface area contributed by atoms with Gasteiger partial charge in [0.15, 0.2) is 0 Å². The van der Waals surface area contributed by atoms with Gasteiger partial charge in [-0.05, 0) is 32.5 Å². The van der Waals surface area contributed by atoms with Crippen LogP contribution in [0.3, 0.4) is 0 Å². The molecule has 102 valence electrons. The van der Waals surface area contributed by atoms with E-state index in [0.717, 1.165) is 22.9 Å². The Morgan fingerprint density at radius 2 is 2.11 bits per heavy atom. The highest BCUT2D eigenvalue weighted by Gasteiger charge is 2.13. The lowest BCUT2D eigenvalue weighted by Gasteiger charge is -2.09. The van der Waals surface area contributed by atoms with E-state index < -0.39 is 0 Å². The van der Waals surface area contributed by atoms with Crippen LogP contribution in [0.4, 0.5) is 0 Å². The summed E-state index contributed by atoms with van der Waals surface area (Å²) in [6, 6.07) is 8.41. The summed E-state index contributed by atoms with van der Waals surface area (Å²) in [6.45, 7) is 7.91. The van der Waals surface area contributed by atoms with Gasteiger partial charge in [-0.3, -0.25) is 0 Å². The fourth-order valence-corrected chi connectivity index (χ4v) is 2.92. The zero-order valence-electron chi connectivity index (χ0n) is 11.6. The highest BCUT2D eigenvalue weighted by atomic mass is 32.1. The third kappa shape index (κ3) is 3.33. The van der Waals surface area contributed by atoms with E-state index in [1.165, 1.54) is 4.88 Å². The van der Waals surface area contributed by atoms with Gasteiger partial charge in [-0.15, -0.1) is 11.3 Å². The Morgan fingerprint density at radius 3 is 2.84 bits per heavy atom. The molecule has 1 aromatic carbocycles. The lowest BCUT2D eigenvalue weighted by Crippen LogP contribution is -2.16. The number of rotatable bonds is 6. The molecular weight excluding hydrogens is 256 g/mol. The number of ether oxygens (including phenoxy) is 1. The number of hydrogen-bond donors (Lipinski definition) is 1. The molecule has 1 aromatic heterocycles. The summed E-state index contributed by atoms with van der Waals surface area (Å²) in [5.41, 5.74) is 1.07. The molecule has 1 N–H and O–H groups in total. The number of aromatic nitrogens is 1. The van der Waals surface area contributed by atoms with E-state index in [4.69, 9.17) is 4.74 Å². The molecule has 1 atom stereocenters. The maximum atomic E-state index is 5.66. The molecule has 0 aliphatic carbocycles. The van der Waals surface area contributed by atoms with Crippen LogP contribution in [-0.4, -0.2) is 18.1 Å². The zero-order valence-corrected chi connectivity index (χ0v) is 12.5. The first-order valence-corrected chi connectivity index (χ1v) is 7.49. The summed E-state index contributed by atoms with van der Waals surface area (Å²) in [6.07, 6.45) is 1.95. The van der Waals surface area contributed by atoms with Crippen LogP contribution in [-0.2, 0) is 0 Å². The standard InChI is InChI=1S/C15H20N2OS/c1-4-16-11(3)14-10-17-15(19-14)12-8-6-7-9-13(12)18-5-2/h6-11,16H,4-5H2,1-3H3. The van der Waals surface area contributed by atoms with E-state index in [9.17, 15) is 0 Å². The summed E-state index contributed by atoms with van der Waals surface area (Å²) >= 11 is 1.72. The molecule has 3 nitrogen and oxygen atoms in total. The Hall–Kier alpha value is -1.39. The minimum Gasteiger partial charge on any atom is -0.493 e. The SMILES string of the molecule is CCNC(C)c1cnc(-c2ccccc2OCC)s1. The lowest BCUT2D eigenvalue weighted by molar-refractivity contribution is 0.341. The topological polar surface area (TPSA) is 34.2 Å². The van der Waals surface area contributed by atoms with Crippen LogP contribution >= 0.6 is 11.3 Å². The van der Waals surface area contributed by atoms with Crippen LogP contribution in [0.15, 0.2) is 30.5 Å². The Bertz CT molecular complexity index is 524. The highest BCUT2D eigenvalue weighted by Crippen LogP contribution is 2.34. The van der Waals surface area contributed by atoms with Crippen molar-refractivity contribution in [1.82, 2.24) is 10.3 Å². The number of benzene rings is 1. The van der Waals surface area contributed by atoms with Crippen LogP contribution < -0.4 is 10.1 Å². The van der Waals surface area contributed by atoms with Crippen molar-refractivity contribution in [3.05, 3.63) is 35.3 Å². The zero-order chi connectivity index (χ0) is 13.7. The number of hydrogen-bond acceptors (Lipinski definition) is 4. The second-order valence-electron chi connectivity index (χ2n) is 4.28. The van der Waals surface area contributed by atoms with Gasteiger partial charge in [0.25, 0.3) is 0 Å². The molecule has 0 radical (unpaired) electrons. The molecule has 0 amide bonds. The number of para-hydroxylation sites is 1. The molecule has 0 aliphatic rings. The fraction of sp³-hybridized carbons (Fsp3) is 0.400. The summed E-state index contributed by atoms with van der Waals surface area (Å²) in [5.74, 6) is 0.905. The van der Waals surface area contributed by atoms with Gasteiger partial charge in [0.2, 0.25) is 0 Å². The van der Waals surface area contributed by atoms with Gasteiger partial charge in [-0.2, -0.15) is 0 Å². The van der Waals surface area contributed by atoms with E-state index >= 15 is 0 Å². The van der Waals surface area contributed by atoms with Crippen molar-refractivity contribution in [3.63, 3.8) is 0 Å². The highest BCUT2D eigenvalue weighted by molar-refractivity contribution is 7.15. The molecule has 1 heterocycles. The minimum absolute atomic E-state index is 0.343. The maximum Gasteiger partial charge on any atom is 0.129 e. The van der Waals surface area contributed by atoms with Crippen LogP contribution in [0.2, 0.25) is 0 Å². The number of thiazole rings is 1. The molecule has 0 saturated heterocycles. The van der Waals surface area contributed by atoms with Crippen molar-refractivity contribution < 1.29 is 4.74 Å². The van der Waals surface area contributed by atoms with Crippen LogP contribution in [0, 0.1) is 0 Å². The Labute approximate surface area is 118 Å². The molecule has 0 aliphatic heterocycles. The second kappa shape index (κ2) is 6.68. The molecule has 0 bridgehead atoms. The van der Waals surface area contributed by atoms with E-state index in [1.807, 2.05) is 31.3 Å². The van der Waals surface area contributed by atoms with Gasteiger partial charge in [0, 0.05) is 17.1 Å². The Morgan fingerprint density at radius 1 is 1.32 bits per heavy atom. The van der Waals surface area contributed by atoms with Crippen molar-refractivity contribution in [2.45, 2.75) is 26.8 Å². The average Bonchev–Trinajstić information content (AvgIpc) is 2.90. The van der Waals surface area contributed by atoms with Gasteiger partial charge in [0.05, 0.1) is 12.2 Å². The number of nitrogens with zero attached hydrogens (tertiary/aromatic N) is 1. The fourth-order valence-electron chi connectivity index (χ4n) is 1.94. The quantitative estimate of drug-likeness (QED) is 0.869. The minimum atomic E-state index is 0.343. The molecule has 0 fully saturated rings. The molecule has 19 heavy (non-hydrogen) atoms. The average molecular weight is 276 g/mol. The number of nitrogens with one attached hydrogen (secondary N) is 1. The molecule has 1 unspecified atom stereocenters. The largest absolute Gasteiger partial charge is 0.493 e. The first kappa shape index (κ1) is 14.0. The van der Waals surface area contributed by atoms with E-state index in [0.29, 0.717) is 12.6 Å². The first-order chi connectivity index (χ1) is 9.26. The maximum absolute atomic E-state index is 5.66. The summed E-state index contributed by atoms with van der Waals surface area (Å²) in [4.78, 5) is 5.78. The van der Waals surface area contributed by atoms with Crippen LogP contribution in [0.5, 0.6) is 5.75 Å². The first-order valence-electron chi connectivity index (χ1n) is 6.67. The smallest absolute Gasteiger partial charge is 0.129 e. The van der Waals surface area contributed by atoms with Crippen LogP contribution in [0.25, 0.3) is 10.6 Å². The van der Waals surface area contributed by atoms with Gasteiger partial charge in [-0.1, -0.05) is 19.1 Å². The van der Waals surface area contributed by atoms with Crippen molar-refractivity contribution in [3.8, 4) is 16.3 Å². The summed E-state index contributed by atoms with van der Waals surface area (Å²) < 4.78 is 5.66. The molecule has 4 heteroatoms. The predicted molar refractivity (Wildman–Crippen MR) is 80.8 cm³/mol. The van der Waals surface area contributed by atoms with Gasteiger partial charge in [-0.25, -0.2) is 4.98 Å². The van der Waals surface area contributed by atoms with E-state index in [2.05, 4.69) is 30.2 Å². The van der Waals surface area contributed by atoms with Crippen molar-refractivity contribution in [1.29, 1.82) is 0 Å². The Balaban J connectivity index is 2.27. The third-order valence-electron chi connectivity index (χ3n) is 2.88. The molecule has 2 aromatic rings. The Kier molecular flexibility index (Phi) is 4.93. The van der Waals surface area contributed by atoms with Gasteiger partial charge in [0.1, 0.15) is 10.8 Å². The third-order valence-corrected chi connectivity index (χ3v) is 4.09. The second-order valence-corrected chi connectivity index (χ2v) is 5.34. The van der Waals surface area contributed by atoms with Gasteiger partial charge >= 0.3 is 0 Å². The van der Waals surface area contributed by atoms with Crippen LogP contribution in [0.1, 0.15) is 31.7 Å². The van der Waals surface area contributed by atoms with Crippen molar-refractivity contribution in [2.24, 2.45) is 0 Å². The van der Waals surface area contributed by atoms with Crippen molar-refractivity contribution in [2.75, 3.05) is 13.2 Å². The predicted octanol–water partition coefficient (Wildman–Crippen LogP) is 3.88. The van der Waals surface area contributed by atoms with Gasteiger partial charge < -0.3 is 10.1 Å². The molecule has 0 saturated carbocycles. The molecular formula is C15H20N2OS.